The Morgan fingerprint density at radius 3 is 2.79 bits per heavy atom. The van der Waals surface area contributed by atoms with Gasteiger partial charge >= 0.3 is 0 Å². The van der Waals surface area contributed by atoms with Crippen LogP contribution < -0.4 is 5.32 Å². The fourth-order valence-corrected chi connectivity index (χ4v) is 2.55. The van der Waals surface area contributed by atoms with Crippen LogP contribution in [0.1, 0.15) is 36.5 Å². The van der Waals surface area contributed by atoms with Crippen LogP contribution >= 0.6 is 11.3 Å². The van der Waals surface area contributed by atoms with Crippen LogP contribution in [0.25, 0.3) is 0 Å². The summed E-state index contributed by atoms with van der Waals surface area (Å²) in [5, 5.41) is 17.1. The Morgan fingerprint density at radius 1 is 1.37 bits per heavy atom. The van der Waals surface area contributed by atoms with Crippen LogP contribution in [0, 0.1) is 10.1 Å². The summed E-state index contributed by atoms with van der Waals surface area (Å²) < 4.78 is 0. The summed E-state index contributed by atoms with van der Waals surface area (Å²) in [7, 11) is 0. The number of non-ortho nitro benzene ring substituents is 1. The summed E-state index contributed by atoms with van der Waals surface area (Å²) in [6.45, 7) is 4.02. The van der Waals surface area contributed by atoms with Crippen LogP contribution in [0.3, 0.4) is 0 Å². The van der Waals surface area contributed by atoms with E-state index in [9.17, 15) is 10.1 Å². The van der Waals surface area contributed by atoms with E-state index in [1.807, 2.05) is 25.3 Å². The van der Waals surface area contributed by atoms with E-state index in [2.05, 4.69) is 10.3 Å². The quantitative estimate of drug-likeness (QED) is 0.671. The molecule has 0 saturated heterocycles. The predicted octanol–water partition coefficient (Wildman–Crippen LogP) is 3.46. The van der Waals surface area contributed by atoms with E-state index in [-0.39, 0.29) is 22.7 Å². The summed E-state index contributed by atoms with van der Waals surface area (Å²) in [5.41, 5.74) is 1.02. The summed E-state index contributed by atoms with van der Waals surface area (Å²) in [4.78, 5) is 14.6. The molecule has 5 nitrogen and oxygen atoms in total. The Hall–Kier alpha value is -1.79. The topological polar surface area (TPSA) is 68.1 Å². The monoisotopic (exact) mass is 277 g/mol. The Kier molecular flexibility index (Phi) is 4.24. The molecular weight excluding hydrogens is 262 g/mol. The van der Waals surface area contributed by atoms with Gasteiger partial charge in [0.25, 0.3) is 5.69 Å². The van der Waals surface area contributed by atoms with Crippen molar-refractivity contribution in [2.45, 2.75) is 25.9 Å². The average molecular weight is 277 g/mol. The van der Waals surface area contributed by atoms with Gasteiger partial charge in [-0.2, -0.15) is 0 Å². The van der Waals surface area contributed by atoms with Gasteiger partial charge in [-0.15, -0.1) is 11.3 Å². The molecule has 1 aromatic heterocycles. The molecular formula is C13H15N3O2S. The van der Waals surface area contributed by atoms with Crippen molar-refractivity contribution in [2.75, 3.05) is 0 Å². The summed E-state index contributed by atoms with van der Waals surface area (Å²) >= 11 is 1.59. The van der Waals surface area contributed by atoms with Crippen LogP contribution in [0.15, 0.2) is 35.8 Å². The van der Waals surface area contributed by atoms with Gasteiger partial charge in [-0.1, -0.05) is 12.1 Å². The Labute approximate surface area is 115 Å². The van der Waals surface area contributed by atoms with E-state index in [4.69, 9.17) is 0 Å². The van der Waals surface area contributed by atoms with Gasteiger partial charge in [0, 0.05) is 29.8 Å². The number of rotatable bonds is 5. The smallest absolute Gasteiger partial charge is 0.269 e. The zero-order valence-corrected chi connectivity index (χ0v) is 11.6. The summed E-state index contributed by atoms with van der Waals surface area (Å²) in [6, 6.07) is 6.85. The number of hydrogen-bond acceptors (Lipinski definition) is 5. The number of thiazole rings is 1. The molecule has 2 atom stereocenters. The maximum atomic E-state index is 10.8. The first-order valence-electron chi connectivity index (χ1n) is 5.97. The molecule has 1 aromatic carbocycles. The molecule has 0 bridgehead atoms. The van der Waals surface area contributed by atoms with E-state index in [0.717, 1.165) is 10.6 Å². The van der Waals surface area contributed by atoms with Crippen molar-refractivity contribution in [2.24, 2.45) is 0 Å². The van der Waals surface area contributed by atoms with Crippen LogP contribution in [0.5, 0.6) is 0 Å². The Morgan fingerprint density at radius 2 is 2.16 bits per heavy atom. The van der Waals surface area contributed by atoms with E-state index in [1.165, 1.54) is 6.07 Å². The Balaban J connectivity index is 2.09. The zero-order valence-electron chi connectivity index (χ0n) is 10.7. The van der Waals surface area contributed by atoms with Crippen molar-refractivity contribution in [3.05, 3.63) is 56.5 Å². The van der Waals surface area contributed by atoms with Crippen LogP contribution in [-0.4, -0.2) is 9.91 Å². The highest BCUT2D eigenvalue weighted by Crippen LogP contribution is 2.23. The zero-order chi connectivity index (χ0) is 13.8. The maximum Gasteiger partial charge on any atom is 0.269 e. The third-order valence-corrected chi connectivity index (χ3v) is 3.86. The highest BCUT2D eigenvalue weighted by atomic mass is 32.1. The summed E-state index contributed by atoms with van der Waals surface area (Å²) in [5.74, 6) is 0. The number of benzene rings is 1. The average Bonchev–Trinajstić information content (AvgIpc) is 2.92. The molecule has 0 fully saturated rings. The third kappa shape index (κ3) is 3.36. The van der Waals surface area contributed by atoms with Gasteiger partial charge in [0.2, 0.25) is 0 Å². The lowest BCUT2D eigenvalue weighted by atomic mass is 10.1. The van der Waals surface area contributed by atoms with Gasteiger partial charge in [-0.3, -0.25) is 10.1 Å². The van der Waals surface area contributed by atoms with Crippen molar-refractivity contribution in [3.63, 3.8) is 0 Å². The predicted molar refractivity (Wildman–Crippen MR) is 75.2 cm³/mol. The molecule has 1 N–H and O–H groups in total. The molecule has 6 heteroatoms. The van der Waals surface area contributed by atoms with E-state index < -0.39 is 0 Å². The number of nitrogens with zero attached hydrogens (tertiary/aromatic N) is 2. The minimum Gasteiger partial charge on any atom is -0.302 e. The molecule has 19 heavy (non-hydrogen) atoms. The Bertz CT molecular complexity index is 557. The fraction of sp³-hybridized carbons (Fsp3) is 0.308. The van der Waals surface area contributed by atoms with E-state index in [1.54, 1.807) is 29.7 Å². The molecule has 0 aliphatic heterocycles. The first-order valence-corrected chi connectivity index (χ1v) is 6.85. The third-order valence-electron chi connectivity index (χ3n) is 2.90. The van der Waals surface area contributed by atoms with Gasteiger partial charge in [-0.05, 0) is 19.4 Å². The van der Waals surface area contributed by atoms with Crippen molar-refractivity contribution in [1.82, 2.24) is 10.3 Å². The molecule has 0 amide bonds. The summed E-state index contributed by atoms with van der Waals surface area (Å²) in [6.07, 6.45) is 1.77. The number of aromatic nitrogens is 1. The van der Waals surface area contributed by atoms with Gasteiger partial charge in [0.05, 0.1) is 11.0 Å². The molecule has 0 spiro atoms. The second kappa shape index (κ2) is 5.90. The van der Waals surface area contributed by atoms with Crippen LogP contribution in [-0.2, 0) is 0 Å². The van der Waals surface area contributed by atoms with E-state index in [0.29, 0.717) is 0 Å². The molecule has 0 saturated carbocycles. The van der Waals surface area contributed by atoms with Crippen molar-refractivity contribution < 1.29 is 4.92 Å². The highest BCUT2D eigenvalue weighted by molar-refractivity contribution is 7.09. The van der Waals surface area contributed by atoms with Crippen molar-refractivity contribution in [3.8, 4) is 0 Å². The fourth-order valence-electron chi connectivity index (χ4n) is 1.90. The van der Waals surface area contributed by atoms with Crippen molar-refractivity contribution >= 4 is 17.0 Å². The first-order chi connectivity index (χ1) is 9.08. The number of nitro benzene ring substituents is 1. The van der Waals surface area contributed by atoms with Gasteiger partial charge in [-0.25, -0.2) is 4.98 Å². The SMILES string of the molecule is CC(NC(C)c1nccs1)c1cccc([N+](=O)[O-])c1. The molecule has 0 aliphatic rings. The lowest BCUT2D eigenvalue weighted by Crippen LogP contribution is -2.22. The van der Waals surface area contributed by atoms with Crippen molar-refractivity contribution in [1.29, 1.82) is 0 Å². The molecule has 0 aliphatic carbocycles. The minimum absolute atomic E-state index is 0.0267. The standard InChI is InChI=1S/C13H15N3O2S/c1-9(15-10(2)13-14-6-7-19-13)11-4-3-5-12(8-11)16(17)18/h3-10,15H,1-2H3. The van der Waals surface area contributed by atoms with Crippen LogP contribution in [0.2, 0.25) is 0 Å². The molecule has 0 radical (unpaired) electrons. The molecule has 2 rings (SSSR count). The molecule has 100 valence electrons. The number of nitrogens with one attached hydrogen (secondary N) is 1. The lowest BCUT2D eigenvalue weighted by molar-refractivity contribution is -0.384. The second-order valence-electron chi connectivity index (χ2n) is 4.33. The van der Waals surface area contributed by atoms with Gasteiger partial charge < -0.3 is 5.32 Å². The molecule has 1 heterocycles. The minimum atomic E-state index is -0.375. The maximum absolute atomic E-state index is 10.8. The molecule has 2 aromatic rings. The van der Waals surface area contributed by atoms with Gasteiger partial charge in [0.1, 0.15) is 5.01 Å². The van der Waals surface area contributed by atoms with Crippen LogP contribution in [0.4, 0.5) is 5.69 Å². The second-order valence-corrected chi connectivity index (χ2v) is 5.26. The van der Waals surface area contributed by atoms with E-state index >= 15 is 0 Å². The largest absolute Gasteiger partial charge is 0.302 e. The first kappa shape index (κ1) is 13.6. The lowest BCUT2D eigenvalue weighted by Gasteiger charge is -2.18. The number of nitro groups is 1. The highest BCUT2D eigenvalue weighted by Gasteiger charge is 2.15. The van der Waals surface area contributed by atoms with Gasteiger partial charge in [0.15, 0.2) is 0 Å². The molecule has 2 unspecified atom stereocenters. The number of hydrogen-bond donors (Lipinski definition) is 1. The normalized spacial score (nSPS) is 14.0.